The molecule has 5 nitrogen and oxygen atoms in total. The number of ether oxygens (including phenoxy) is 1. The van der Waals surface area contributed by atoms with Crippen LogP contribution in [0.1, 0.15) is 34.7 Å². The number of rotatable bonds is 8. The van der Waals surface area contributed by atoms with Crippen molar-refractivity contribution in [3.05, 3.63) is 99.3 Å². The van der Waals surface area contributed by atoms with Gasteiger partial charge in [0.05, 0.1) is 11.4 Å². The highest BCUT2D eigenvalue weighted by Gasteiger charge is 2.35. The van der Waals surface area contributed by atoms with Gasteiger partial charge in [0, 0.05) is 19.4 Å². The first-order chi connectivity index (χ1) is 16.6. The summed E-state index contributed by atoms with van der Waals surface area (Å²) in [5, 5.41) is 9.40. The van der Waals surface area contributed by atoms with Crippen molar-refractivity contribution in [2.45, 2.75) is 45.3 Å². The molecular weight excluding hydrogens is 469 g/mol. The summed E-state index contributed by atoms with van der Waals surface area (Å²) in [6.07, 6.45) is 1.20. The molecule has 1 amide bonds. The average molecular weight is 496 g/mol. The van der Waals surface area contributed by atoms with Crippen molar-refractivity contribution in [3.63, 3.8) is 0 Å². The van der Waals surface area contributed by atoms with Crippen molar-refractivity contribution < 1.29 is 23.8 Å². The molecule has 0 bridgehead atoms. The highest BCUT2D eigenvalue weighted by atomic mass is 35.5. The van der Waals surface area contributed by atoms with Crippen molar-refractivity contribution >= 4 is 23.5 Å². The van der Waals surface area contributed by atoms with Crippen molar-refractivity contribution in [3.8, 4) is 5.75 Å². The molecule has 35 heavy (non-hydrogen) atoms. The Hall–Kier alpha value is -3.38. The number of benzene rings is 3. The van der Waals surface area contributed by atoms with Gasteiger partial charge in [-0.05, 0) is 54.3 Å². The van der Waals surface area contributed by atoms with Gasteiger partial charge >= 0.3 is 5.97 Å². The van der Waals surface area contributed by atoms with E-state index in [4.69, 9.17) is 16.3 Å². The Morgan fingerprint density at radius 3 is 2.43 bits per heavy atom. The molecule has 1 aliphatic rings. The molecule has 7 heteroatoms. The van der Waals surface area contributed by atoms with Gasteiger partial charge in [-0.2, -0.15) is 0 Å². The van der Waals surface area contributed by atoms with Crippen LogP contribution >= 0.6 is 11.6 Å². The van der Waals surface area contributed by atoms with Crippen molar-refractivity contribution in [2.24, 2.45) is 0 Å². The minimum Gasteiger partial charge on any atom is -0.487 e. The van der Waals surface area contributed by atoms with E-state index in [1.54, 1.807) is 12.1 Å². The Balaban J connectivity index is 1.45. The summed E-state index contributed by atoms with van der Waals surface area (Å²) in [4.78, 5) is 25.8. The van der Waals surface area contributed by atoms with Gasteiger partial charge in [-0.1, -0.05) is 59.6 Å². The minimum absolute atomic E-state index is 0.0863. The van der Waals surface area contributed by atoms with Gasteiger partial charge in [0.15, 0.2) is 0 Å². The van der Waals surface area contributed by atoms with Crippen LogP contribution in [0.15, 0.2) is 60.7 Å². The molecule has 0 spiro atoms. The highest BCUT2D eigenvalue weighted by Crippen LogP contribution is 2.38. The van der Waals surface area contributed by atoms with E-state index in [1.807, 2.05) is 56.3 Å². The molecule has 1 heterocycles. The van der Waals surface area contributed by atoms with Gasteiger partial charge in [0.2, 0.25) is 5.91 Å². The van der Waals surface area contributed by atoms with Gasteiger partial charge < -0.3 is 14.7 Å². The fourth-order valence-corrected chi connectivity index (χ4v) is 4.58. The molecule has 0 aromatic heterocycles. The topological polar surface area (TPSA) is 66.8 Å². The maximum absolute atomic E-state index is 13.9. The third-order valence-corrected chi connectivity index (χ3v) is 6.44. The Labute approximate surface area is 209 Å². The Bertz CT molecular complexity index is 1260. The van der Waals surface area contributed by atoms with Gasteiger partial charge in [0.1, 0.15) is 23.7 Å². The van der Waals surface area contributed by atoms with Gasteiger partial charge in [0.25, 0.3) is 0 Å². The number of carbonyl (C=O) groups excluding carboxylic acids is 1. The fraction of sp³-hybridized carbons (Fsp3) is 0.286. The van der Waals surface area contributed by atoms with Crippen LogP contribution in [-0.2, 0) is 35.4 Å². The van der Waals surface area contributed by atoms with Gasteiger partial charge in [-0.25, -0.2) is 4.39 Å². The van der Waals surface area contributed by atoms with Crippen LogP contribution in [-0.4, -0.2) is 34.0 Å². The minimum atomic E-state index is -1.05. The lowest BCUT2D eigenvalue weighted by molar-refractivity contribution is -0.144. The van der Waals surface area contributed by atoms with E-state index >= 15 is 0 Å². The number of nitrogens with zero attached hydrogens (tertiary/aromatic N) is 1. The largest absolute Gasteiger partial charge is 0.487 e. The number of carbonyl (C=O) groups is 2. The lowest BCUT2D eigenvalue weighted by Gasteiger charge is -2.24. The number of hydrogen-bond acceptors (Lipinski definition) is 3. The molecule has 0 saturated heterocycles. The number of amides is 1. The second-order valence-electron chi connectivity index (χ2n) is 9.40. The highest BCUT2D eigenvalue weighted by molar-refractivity contribution is 6.30. The lowest BCUT2D eigenvalue weighted by atomic mass is 9.91. The molecule has 0 aliphatic carbocycles. The second kappa shape index (κ2) is 10.1. The molecule has 3 aromatic rings. The molecule has 1 N–H and O–H groups in total. The number of carboxylic acids is 1. The first-order valence-corrected chi connectivity index (χ1v) is 11.8. The number of hydrogen-bond donors (Lipinski definition) is 1. The number of fused-ring (bicyclic) bond motifs is 1. The van der Waals surface area contributed by atoms with E-state index in [1.165, 1.54) is 11.0 Å². The molecule has 4 rings (SSSR count). The zero-order valence-electron chi connectivity index (χ0n) is 19.7. The van der Waals surface area contributed by atoms with Crippen LogP contribution in [0.2, 0.25) is 5.02 Å². The second-order valence-corrected chi connectivity index (χ2v) is 9.81. The van der Waals surface area contributed by atoms with Crippen LogP contribution in [0, 0.1) is 12.7 Å². The SMILES string of the molecule is Cc1ccc(CN(CC(=O)O)C(=O)Cc2ccc3c(c2)C[C@@](C)(Cc2ccc(Cl)c(F)c2)O3)cc1. The van der Waals surface area contributed by atoms with E-state index in [2.05, 4.69) is 0 Å². The Kier molecular flexibility index (Phi) is 7.13. The molecule has 1 aliphatic heterocycles. The average Bonchev–Trinajstić information content (AvgIpc) is 3.12. The van der Waals surface area contributed by atoms with E-state index < -0.39 is 17.4 Å². The van der Waals surface area contributed by atoms with E-state index in [-0.39, 0.29) is 30.4 Å². The summed E-state index contributed by atoms with van der Waals surface area (Å²) in [7, 11) is 0. The van der Waals surface area contributed by atoms with E-state index in [0.29, 0.717) is 12.8 Å². The van der Waals surface area contributed by atoms with Crippen LogP contribution in [0.5, 0.6) is 5.75 Å². The molecular formula is C28H27ClFNO4. The zero-order valence-corrected chi connectivity index (χ0v) is 20.4. The van der Waals surface area contributed by atoms with Gasteiger partial charge in [-0.3, -0.25) is 9.59 Å². The number of aryl methyl sites for hydroxylation is 1. The summed E-state index contributed by atoms with van der Waals surface area (Å²) in [5.74, 6) is -1.03. The molecule has 0 saturated carbocycles. The molecule has 0 fully saturated rings. The van der Waals surface area contributed by atoms with Gasteiger partial charge in [-0.15, -0.1) is 0 Å². The first-order valence-electron chi connectivity index (χ1n) is 11.4. The van der Waals surface area contributed by atoms with Crippen molar-refractivity contribution in [1.29, 1.82) is 0 Å². The van der Waals surface area contributed by atoms with Crippen LogP contribution in [0.3, 0.4) is 0 Å². The normalized spacial score (nSPS) is 16.5. The predicted octanol–water partition coefficient (Wildman–Crippen LogP) is 5.38. The summed E-state index contributed by atoms with van der Waals surface area (Å²) >= 11 is 5.80. The first kappa shape index (κ1) is 24.7. The monoisotopic (exact) mass is 495 g/mol. The maximum atomic E-state index is 13.9. The standard InChI is InChI=1S/C28H27ClFNO4/c1-18-3-5-19(6-4-18)16-31(17-27(33)34)26(32)13-20-8-10-25-22(11-20)15-28(2,35-25)14-21-7-9-23(29)24(30)12-21/h3-12H,13-17H2,1-2H3,(H,33,34)/t28-/m1/s1. The van der Waals surface area contributed by atoms with Crippen molar-refractivity contribution in [1.82, 2.24) is 4.90 Å². The number of halogens is 2. The van der Waals surface area contributed by atoms with E-state index in [9.17, 15) is 19.1 Å². The quantitative estimate of drug-likeness (QED) is 0.455. The summed E-state index contributed by atoms with van der Waals surface area (Å²) in [6.45, 7) is 3.81. The summed E-state index contributed by atoms with van der Waals surface area (Å²) in [6, 6.07) is 18.0. The lowest BCUT2D eigenvalue weighted by Crippen LogP contribution is -2.36. The number of aliphatic carboxylic acids is 1. The molecule has 0 radical (unpaired) electrons. The Morgan fingerprint density at radius 1 is 1.06 bits per heavy atom. The smallest absolute Gasteiger partial charge is 0.323 e. The fourth-order valence-electron chi connectivity index (χ4n) is 4.46. The number of carboxylic acid groups (broad SMARTS) is 1. The molecule has 1 atom stereocenters. The molecule has 182 valence electrons. The van der Waals surface area contributed by atoms with Crippen LogP contribution in [0.4, 0.5) is 4.39 Å². The van der Waals surface area contributed by atoms with Crippen LogP contribution in [0.25, 0.3) is 0 Å². The molecule has 3 aromatic carbocycles. The summed E-state index contributed by atoms with van der Waals surface area (Å²) in [5.41, 5.74) is 3.97. The third kappa shape index (κ3) is 6.20. The van der Waals surface area contributed by atoms with E-state index in [0.717, 1.165) is 33.6 Å². The summed E-state index contributed by atoms with van der Waals surface area (Å²) < 4.78 is 20.1. The third-order valence-electron chi connectivity index (χ3n) is 6.14. The van der Waals surface area contributed by atoms with Crippen LogP contribution < -0.4 is 4.74 Å². The zero-order chi connectivity index (χ0) is 25.2. The molecule has 0 unspecified atom stereocenters. The van der Waals surface area contributed by atoms with Crippen molar-refractivity contribution in [2.75, 3.05) is 6.54 Å². The Morgan fingerprint density at radius 2 is 1.74 bits per heavy atom. The maximum Gasteiger partial charge on any atom is 0.323 e. The predicted molar refractivity (Wildman–Crippen MR) is 132 cm³/mol.